The lowest BCUT2D eigenvalue weighted by Gasteiger charge is -2.43. The Balaban J connectivity index is 2.07. The lowest BCUT2D eigenvalue weighted by Crippen LogP contribution is -2.54. The summed E-state index contributed by atoms with van der Waals surface area (Å²) in [5, 5.41) is 0. The largest absolute Gasteiger partial charge is 0.327 e. The third kappa shape index (κ3) is 1.62. The fourth-order valence-electron chi connectivity index (χ4n) is 2.81. The van der Waals surface area contributed by atoms with Gasteiger partial charge in [-0.2, -0.15) is 0 Å². The fourth-order valence-corrected chi connectivity index (χ4v) is 2.81. The summed E-state index contributed by atoms with van der Waals surface area (Å²) >= 11 is 0. The predicted molar refractivity (Wildman–Crippen MR) is 55.5 cm³/mol. The zero-order valence-electron chi connectivity index (χ0n) is 9.09. The van der Waals surface area contributed by atoms with Crippen molar-refractivity contribution in [3.63, 3.8) is 0 Å². The molecule has 0 aromatic rings. The molecule has 1 saturated heterocycles. The summed E-state index contributed by atoms with van der Waals surface area (Å²) in [6.45, 7) is 9.37. The van der Waals surface area contributed by atoms with Gasteiger partial charge < -0.3 is 5.73 Å². The van der Waals surface area contributed by atoms with Gasteiger partial charge in [0.1, 0.15) is 0 Å². The maximum atomic E-state index is 6.16. The van der Waals surface area contributed by atoms with E-state index in [2.05, 4.69) is 25.7 Å². The van der Waals surface area contributed by atoms with E-state index in [9.17, 15) is 0 Å². The van der Waals surface area contributed by atoms with Crippen LogP contribution < -0.4 is 5.73 Å². The van der Waals surface area contributed by atoms with Gasteiger partial charge in [0.2, 0.25) is 0 Å². The minimum atomic E-state index is 0.334. The van der Waals surface area contributed by atoms with E-state index >= 15 is 0 Å². The Bertz CT molecular complexity index is 181. The number of hydrogen-bond acceptors (Lipinski definition) is 2. The van der Waals surface area contributed by atoms with Crippen molar-refractivity contribution in [2.24, 2.45) is 17.6 Å². The molecule has 0 spiro atoms. The smallest absolute Gasteiger partial charge is 0.0125 e. The van der Waals surface area contributed by atoms with Gasteiger partial charge in [-0.25, -0.2) is 0 Å². The van der Waals surface area contributed by atoms with Gasteiger partial charge in [-0.15, -0.1) is 0 Å². The van der Waals surface area contributed by atoms with E-state index in [0.717, 1.165) is 11.8 Å². The van der Waals surface area contributed by atoms with Crippen LogP contribution in [0.5, 0.6) is 0 Å². The summed E-state index contributed by atoms with van der Waals surface area (Å²) in [5.74, 6) is 1.55. The van der Waals surface area contributed by atoms with Gasteiger partial charge in [0.25, 0.3) is 0 Å². The van der Waals surface area contributed by atoms with Crippen molar-refractivity contribution in [2.75, 3.05) is 13.1 Å². The molecule has 0 amide bonds. The van der Waals surface area contributed by atoms with Gasteiger partial charge >= 0.3 is 0 Å². The van der Waals surface area contributed by atoms with Gasteiger partial charge in [-0.05, 0) is 45.4 Å². The van der Waals surface area contributed by atoms with E-state index < -0.39 is 0 Å². The van der Waals surface area contributed by atoms with E-state index in [1.54, 1.807) is 0 Å². The third-order valence-electron chi connectivity index (χ3n) is 3.86. The molecule has 0 aromatic heterocycles. The van der Waals surface area contributed by atoms with Crippen LogP contribution in [-0.2, 0) is 0 Å². The molecule has 76 valence electrons. The maximum Gasteiger partial charge on any atom is 0.0125 e. The summed E-state index contributed by atoms with van der Waals surface area (Å²) < 4.78 is 0. The zero-order valence-corrected chi connectivity index (χ0v) is 9.09. The summed E-state index contributed by atoms with van der Waals surface area (Å²) in [4.78, 5) is 2.61. The third-order valence-corrected chi connectivity index (χ3v) is 3.86. The van der Waals surface area contributed by atoms with Gasteiger partial charge in [-0.1, -0.05) is 0 Å². The molecule has 13 heavy (non-hydrogen) atoms. The number of rotatable bonds is 0. The molecular formula is C11H22N2. The van der Waals surface area contributed by atoms with Gasteiger partial charge in [0.15, 0.2) is 0 Å². The molecule has 2 atom stereocenters. The Morgan fingerprint density at radius 1 is 1.08 bits per heavy atom. The Morgan fingerprint density at radius 2 is 1.54 bits per heavy atom. The van der Waals surface area contributed by atoms with Crippen LogP contribution in [0.15, 0.2) is 0 Å². The summed E-state index contributed by atoms with van der Waals surface area (Å²) in [5.41, 5.74) is 6.50. The molecule has 2 N–H and O–H groups in total. The fraction of sp³-hybridized carbons (Fsp3) is 1.00. The Hall–Kier alpha value is -0.0800. The number of nitrogens with zero attached hydrogens (tertiary/aromatic N) is 1. The molecule has 2 rings (SSSR count). The normalized spacial score (nSPS) is 41.1. The monoisotopic (exact) mass is 182 g/mol. The lowest BCUT2D eigenvalue weighted by atomic mass is 9.90. The first kappa shape index (κ1) is 9.47. The van der Waals surface area contributed by atoms with Crippen molar-refractivity contribution < 1.29 is 0 Å². The van der Waals surface area contributed by atoms with E-state index in [1.807, 2.05) is 0 Å². The van der Waals surface area contributed by atoms with Crippen molar-refractivity contribution in [3.8, 4) is 0 Å². The molecule has 2 aliphatic rings. The van der Waals surface area contributed by atoms with Crippen molar-refractivity contribution in [1.29, 1.82) is 0 Å². The molecule has 2 fully saturated rings. The van der Waals surface area contributed by atoms with Crippen LogP contribution in [0.1, 0.15) is 33.6 Å². The first-order valence-corrected chi connectivity index (χ1v) is 5.49. The molecule has 2 nitrogen and oxygen atoms in total. The summed E-state index contributed by atoms with van der Waals surface area (Å²) in [6, 6.07) is 0.499. The topological polar surface area (TPSA) is 29.3 Å². The van der Waals surface area contributed by atoms with E-state index in [1.165, 1.54) is 25.9 Å². The standard InChI is InChI=1S/C11H22N2/c1-11(2,3)13-6-8-4-5-9(7-13)10(8)12/h8-10H,4-7,12H2,1-3H3/t8-,9-/m0/s1. The minimum absolute atomic E-state index is 0.334. The second-order valence-corrected chi connectivity index (χ2v) is 5.75. The quantitative estimate of drug-likeness (QED) is 0.614. The summed E-state index contributed by atoms with van der Waals surface area (Å²) in [6.07, 6.45) is 2.72. The van der Waals surface area contributed by atoms with Gasteiger partial charge in [0.05, 0.1) is 0 Å². The minimum Gasteiger partial charge on any atom is -0.327 e. The molecular weight excluding hydrogens is 160 g/mol. The SMILES string of the molecule is CC(C)(C)N1C[C@@H]2CC[C@@H](C1)C2N. The number of piperidine rings is 1. The van der Waals surface area contributed by atoms with Gasteiger partial charge in [-0.3, -0.25) is 4.90 Å². The van der Waals surface area contributed by atoms with Crippen LogP contribution in [0.4, 0.5) is 0 Å². The average Bonchev–Trinajstić information content (AvgIpc) is 2.29. The number of nitrogens with two attached hydrogens (primary N) is 1. The van der Waals surface area contributed by atoms with Crippen molar-refractivity contribution >= 4 is 0 Å². The molecule has 1 heterocycles. The van der Waals surface area contributed by atoms with Crippen LogP contribution in [0, 0.1) is 11.8 Å². The Kier molecular flexibility index (Phi) is 2.16. The van der Waals surface area contributed by atoms with Crippen LogP contribution in [0.3, 0.4) is 0 Å². The van der Waals surface area contributed by atoms with Crippen molar-refractivity contribution in [2.45, 2.75) is 45.2 Å². The molecule has 0 unspecified atom stereocenters. The first-order valence-electron chi connectivity index (χ1n) is 5.49. The highest BCUT2D eigenvalue weighted by Crippen LogP contribution is 2.37. The number of likely N-dealkylation sites (tertiary alicyclic amines) is 1. The predicted octanol–water partition coefficient (Wildman–Crippen LogP) is 1.45. The molecule has 1 saturated carbocycles. The highest BCUT2D eigenvalue weighted by Gasteiger charge is 2.42. The highest BCUT2D eigenvalue weighted by atomic mass is 15.2. The first-order chi connectivity index (χ1) is 5.98. The lowest BCUT2D eigenvalue weighted by molar-refractivity contribution is 0.0622. The summed E-state index contributed by atoms with van der Waals surface area (Å²) in [7, 11) is 0. The number of fused-ring (bicyclic) bond motifs is 2. The molecule has 0 aromatic carbocycles. The van der Waals surface area contributed by atoms with Crippen molar-refractivity contribution in [3.05, 3.63) is 0 Å². The molecule has 1 aliphatic carbocycles. The molecule has 2 heteroatoms. The number of hydrogen-bond donors (Lipinski definition) is 1. The van der Waals surface area contributed by atoms with E-state index in [0.29, 0.717) is 11.6 Å². The van der Waals surface area contributed by atoms with Crippen LogP contribution in [-0.4, -0.2) is 29.6 Å². The molecule has 0 radical (unpaired) electrons. The second kappa shape index (κ2) is 2.96. The Morgan fingerprint density at radius 3 is 1.92 bits per heavy atom. The van der Waals surface area contributed by atoms with Crippen LogP contribution >= 0.6 is 0 Å². The van der Waals surface area contributed by atoms with E-state index in [4.69, 9.17) is 5.73 Å². The zero-order chi connectivity index (χ0) is 9.64. The average molecular weight is 182 g/mol. The molecule has 2 bridgehead atoms. The second-order valence-electron chi connectivity index (χ2n) is 5.75. The van der Waals surface area contributed by atoms with Crippen LogP contribution in [0.25, 0.3) is 0 Å². The van der Waals surface area contributed by atoms with Crippen molar-refractivity contribution in [1.82, 2.24) is 4.90 Å². The Labute approximate surface area is 81.5 Å². The van der Waals surface area contributed by atoms with E-state index in [-0.39, 0.29) is 0 Å². The maximum absolute atomic E-state index is 6.16. The highest BCUT2D eigenvalue weighted by molar-refractivity contribution is 4.98. The van der Waals surface area contributed by atoms with Crippen LogP contribution in [0.2, 0.25) is 0 Å². The van der Waals surface area contributed by atoms with Gasteiger partial charge in [0, 0.05) is 24.7 Å². The molecule has 1 aliphatic heterocycles.